The fourth-order valence-corrected chi connectivity index (χ4v) is 3.02. The molecule has 0 spiro atoms. The summed E-state index contributed by atoms with van der Waals surface area (Å²) in [6.45, 7) is 0. The van der Waals surface area contributed by atoms with Gasteiger partial charge in [-0.1, -0.05) is 52.3 Å². The molecule has 0 radical (unpaired) electrons. The number of H-pyrrole nitrogens is 1. The Hall–Kier alpha value is -3.77. The average Bonchev–Trinajstić information content (AvgIpc) is 2.74. The minimum absolute atomic E-state index is 0.0516. The average molecular weight is 452 g/mol. The van der Waals surface area contributed by atoms with Crippen LogP contribution in [0.5, 0.6) is 0 Å². The molecule has 1 heterocycles. The van der Waals surface area contributed by atoms with Crippen LogP contribution in [0, 0.1) is 11.3 Å². The number of nitrogens with one attached hydrogen (secondary N) is 2. The molecule has 0 saturated carbocycles. The zero-order chi connectivity index (χ0) is 20.8. The van der Waals surface area contributed by atoms with Gasteiger partial charge in [-0.25, -0.2) is 15.2 Å². The minimum atomic E-state index is -0.588. The molecule has 144 valence electrons. The lowest BCUT2D eigenvalue weighted by Crippen LogP contribution is -2.16. The molecule has 0 atom stereocenters. The first-order valence-electron chi connectivity index (χ1n) is 8.31. The van der Waals surface area contributed by atoms with E-state index in [1.165, 1.54) is 13.3 Å². The molecule has 0 aliphatic carbocycles. The summed E-state index contributed by atoms with van der Waals surface area (Å²) in [4.78, 5) is 30.9. The lowest BCUT2D eigenvalue weighted by molar-refractivity contribution is 0.0600. The van der Waals surface area contributed by atoms with Crippen molar-refractivity contribution in [2.45, 2.75) is 0 Å². The van der Waals surface area contributed by atoms with Crippen LogP contribution in [-0.2, 0) is 4.74 Å². The van der Waals surface area contributed by atoms with E-state index in [2.05, 4.69) is 36.4 Å². The summed E-state index contributed by atoms with van der Waals surface area (Å²) < 4.78 is 5.41. The number of anilines is 1. The number of aromatic nitrogens is 2. The van der Waals surface area contributed by atoms with Gasteiger partial charge in [-0.2, -0.15) is 10.4 Å². The van der Waals surface area contributed by atoms with E-state index < -0.39 is 11.5 Å². The maximum atomic E-state index is 12.3. The van der Waals surface area contributed by atoms with Crippen LogP contribution in [0.1, 0.15) is 21.5 Å². The Balaban J connectivity index is 1.95. The van der Waals surface area contributed by atoms with Crippen molar-refractivity contribution in [2.24, 2.45) is 5.10 Å². The van der Waals surface area contributed by atoms with Gasteiger partial charge in [-0.15, -0.1) is 0 Å². The first-order chi connectivity index (χ1) is 14.0. The molecule has 9 heteroatoms. The molecule has 3 rings (SSSR count). The molecule has 0 aliphatic rings. The zero-order valence-corrected chi connectivity index (χ0v) is 16.7. The number of rotatable bonds is 5. The summed E-state index contributed by atoms with van der Waals surface area (Å²) in [5.41, 5.74) is 3.62. The number of esters is 1. The number of aromatic amines is 1. The van der Waals surface area contributed by atoms with Crippen molar-refractivity contribution in [2.75, 3.05) is 12.5 Å². The Morgan fingerprint density at radius 3 is 2.72 bits per heavy atom. The largest absolute Gasteiger partial charge is 0.465 e. The highest BCUT2D eigenvalue weighted by molar-refractivity contribution is 9.10. The van der Waals surface area contributed by atoms with Crippen molar-refractivity contribution in [3.05, 3.63) is 80.0 Å². The second kappa shape index (κ2) is 8.95. The number of hydrogen-bond acceptors (Lipinski definition) is 7. The Bertz CT molecular complexity index is 1180. The molecule has 3 aromatic rings. The number of carbonyl (C=O) groups is 1. The number of ether oxygens (including phenoxy) is 1. The van der Waals surface area contributed by atoms with Gasteiger partial charge in [0.1, 0.15) is 11.6 Å². The van der Waals surface area contributed by atoms with Crippen LogP contribution in [0.15, 0.2) is 62.9 Å². The van der Waals surface area contributed by atoms with Gasteiger partial charge in [0.25, 0.3) is 5.56 Å². The van der Waals surface area contributed by atoms with Gasteiger partial charge in [0.05, 0.1) is 24.6 Å². The normalized spacial score (nSPS) is 10.5. The molecular formula is C20H14BrN5O3. The molecule has 2 aromatic carbocycles. The third-order valence-electron chi connectivity index (χ3n) is 3.90. The molecule has 0 aliphatic heterocycles. The van der Waals surface area contributed by atoms with E-state index in [4.69, 9.17) is 4.74 Å². The summed E-state index contributed by atoms with van der Waals surface area (Å²) in [5.74, 6) is -0.459. The molecule has 29 heavy (non-hydrogen) atoms. The van der Waals surface area contributed by atoms with Gasteiger partial charge in [-0.05, 0) is 12.1 Å². The van der Waals surface area contributed by atoms with Crippen LogP contribution in [0.4, 0.5) is 5.95 Å². The Kier molecular flexibility index (Phi) is 6.16. The SMILES string of the molecule is COC(=O)c1cccc(Br)c1C=NNc1nc(-c2ccccc2)c(C#N)c(=O)[nH]1. The van der Waals surface area contributed by atoms with Crippen molar-refractivity contribution in [3.8, 4) is 17.3 Å². The molecule has 2 N–H and O–H groups in total. The Morgan fingerprint density at radius 1 is 1.28 bits per heavy atom. The molecular weight excluding hydrogens is 438 g/mol. The Morgan fingerprint density at radius 2 is 2.03 bits per heavy atom. The fourth-order valence-electron chi connectivity index (χ4n) is 2.55. The predicted octanol–water partition coefficient (Wildman–Crippen LogP) is 3.30. The number of carbonyl (C=O) groups excluding carboxylic acids is 1. The zero-order valence-electron chi connectivity index (χ0n) is 15.1. The minimum Gasteiger partial charge on any atom is -0.465 e. The van der Waals surface area contributed by atoms with Gasteiger partial charge < -0.3 is 4.74 Å². The molecule has 1 aromatic heterocycles. The highest BCUT2D eigenvalue weighted by Gasteiger charge is 2.14. The summed E-state index contributed by atoms with van der Waals surface area (Å²) in [6, 6.07) is 15.8. The number of hydrazone groups is 1. The first-order valence-corrected chi connectivity index (χ1v) is 9.10. The molecule has 0 fully saturated rings. The van der Waals surface area contributed by atoms with Crippen molar-refractivity contribution in [3.63, 3.8) is 0 Å². The summed E-state index contributed by atoms with van der Waals surface area (Å²) in [6.07, 6.45) is 1.40. The first kappa shape index (κ1) is 20.0. The lowest BCUT2D eigenvalue weighted by Gasteiger charge is -2.07. The van der Waals surface area contributed by atoms with E-state index in [-0.39, 0.29) is 17.2 Å². The van der Waals surface area contributed by atoms with Crippen LogP contribution < -0.4 is 11.0 Å². The maximum Gasteiger partial charge on any atom is 0.338 e. The lowest BCUT2D eigenvalue weighted by atomic mass is 10.1. The second-order valence-electron chi connectivity index (χ2n) is 5.68. The van der Waals surface area contributed by atoms with Crippen LogP contribution in [-0.4, -0.2) is 29.3 Å². The fraction of sp³-hybridized carbons (Fsp3) is 0.0500. The number of benzene rings is 2. The van der Waals surface area contributed by atoms with Crippen LogP contribution >= 0.6 is 15.9 Å². The van der Waals surface area contributed by atoms with E-state index in [9.17, 15) is 14.9 Å². The molecule has 0 amide bonds. The number of nitriles is 1. The predicted molar refractivity (Wildman–Crippen MR) is 112 cm³/mol. The summed E-state index contributed by atoms with van der Waals surface area (Å²) in [5, 5.41) is 13.4. The Labute approximate surface area is 174 Å². The molecule has 0 bridgehead atoms. The smallest absolute Gasteiger partial charge is 0.338 e. The number of methoxy groups -OCH3 is 1. The van der Waals surface area contributed by atoms with Crippen LogP contribution in [0.2, 0.25) is 0 Å². The van der Waals surface area contributed by atoms with Crippen molar-refractivity contribution in [1.82, 2.24) is 9.97 Å². The van der Waals surface area contributed by atoms with Gasteiger partial charge in [0.15, 0.2) is 0 Å². The highest BCUT2D eigenvalue weighted by atomic mass is 79.9. The van der Waals surface area contributed by atoms with E-state index in [1.54, 1.807) is 42.5 Å². The third-order valence-corrected chi connectivity index (χ3v) is 4.59. The van der Waals surface area contributed by atoms with Gasteiger partial charge in [0.2, 0.25) is 5.95 Å². The van der Waals surface area contributed by atoms with Crippen molar-refractivity contribution >= 4 is 34.1 Å². The molecule has 0 saturated heterocycles. The van der Waals surface area contributed by atoms with Crippen molar-refractivity contribution in [1.29, 1.82) is 5.26 Å². The van der Waals surface area contributed by atoms with Crippen LogP contribution in [0.3, 0.4) is 0 Å². The van der Waals surface area contributed by atoms with E-state index >= 15 is 0 Å². The summed E-state index contributed by atoms with van der Waals surface area (Å²) in [7, 11) is 1.29. The monoisotopic (exact) mass is 451 g/mol. The van der Waals surface area contributed by atoms with E-state index in [1.807, 2.05) is 12.1 Å². The van der Waals surface area contributed by atoms with Gasteiger partial charge in [0, 0.05) is 15.6 Å². The topological polar surface area (TPSA) is 120 Å². The van der Waals surface area contributed by atoms with Crippen molar-refractivity contribution < 1.29 is 9.53 Å². The highest BCUT2D eigenvalue weighted by Crippen LogP contribution is 2.21. The van der Waals surface area contributed by atoms with E-state index in [0.29, 0.717) is 21.2 Å². The molecule has 8 nitrogen and oxygen atoms in total. The number of hydrogen-bond donors (Lipinski definition) is 2. The van der Waals surface area contributed by atoms with E-state index in [0.717, 1.165) is 0 Å². The molecule has 0 unspecified atom stereocenters. The van der Waals surface area contributed by atoms with Crippen LogP contribution in [0.25, 0.3) is 11.3 Å². The van der Waals surface area contributed by atoms with Gasteiger partial charge in [-0.3, -0.25) is 9.78 Å². The summed E-state index contributed by atoms with van der Waals surface area (Å²) >= 11 is 3.37. The quantitative estimate of drug-likeness (QED) is 0.348. The van der Waals surface area contributed by atoms with Gasteiger partial charge >= 0.3 is 5.97 Å². The standard InChI is InChI=1S/C20H14BrN5O3/c1-29-19(28)13-8-5-9-16(21)15(13)11-23-26-20-24-17(12-6-3-2-4-7-12)14(10-22)18(27)25-20/h2-9,11H,1H3,(H2,24,25,26,27). The number of nitrogens with zero attached hydrogens (tertiary/aromatic N) is 3. The number of halogens is 1. The maximum absolute atomic E-state index is 12.3. The third kappa shape index (κ3) is 4.39. The second-order valence-corrected chi connectivity index (χ2v) is 6.53.